The maximum atomic E-state index is 12.5. The van der Waals surface area contributed by atoms with Gasteiger partial charge in [0.25, 0.3) is 16.8 Å². The Labute approximate surface area is 186 Å². The summed E-state index contributed by atoms with van der Waals surface area (Å²) < 4.78 is 5.97. The van der Waals surface area contributed by atoms with Crippen LogP contribution in [-0.2, 0) is 4.74 Å². The first-order valence-corrected chi connectivity index (χ1v) is 11.1. The van der Waals surface area contributed by atoms with Gasteiger partial charge >= 0.3 is 0 Å². The number of ether oxygens (including phenoxy) is 1. The van der Waals surface area contributed by atoms with Gasteiger partial charge in [0.2, 0.25) is 0 Å². The molecule has 172 valence electrons. The minimum atomic E-state index is -0.660. The molecule has 2 aliphatic rings. The van der Waals surface area contributed by atoms with Crippen LogP contribution in [0.1, 0.15) is 55.9 Å². The van der Waals surface area contributed by atoms with Crippen molar-refractivity contribution in [2.75, 3.05) is 31.3 Å². The number of anilines is 3. The summed E-state index contributed by atoms with van der Waals surface area (Å²) in [4.78, 5) is 42.4. The molecule has 1 aromatic carbocycles. The standard InChI is InChI=1S/C23H30N4O5/c1-23(9-4-5-10-23)21(14-7-6-12-32-14)26-16-15(19(29)20(16)30)25-13-8-11-24-17(18(13)28)22(31)27(2)3/h8,11,14,21,26,28H,4-7,9-10,12H2,1-3H3,(H,24,25)/t14?,21-/m0/s1. The molecule has 1 aromatic heterocycles. The average molecular weight is 443 g/mol. The summed E-state index contributed by atoms with van der Waals surface area (Å²) in [6.07, 6.45) is 7.56. The van der Waals surface area contributed by atoms with E-state index < -0.39 is 16.8 Å². The topological polar surface area (TPSA) is 121 Å². The van der Waals surface area contributed by atoms with Crippen molar-refractivity contribution in [1.29, 1.82) is 0 Å². The molecule has 1 unspecified atom stereocenters. The van der Waals surface area contributed by atoms with Crippen LogP contribution in [0.2, 0.25) is 0 Å². The van der Waals surface area contributed by atoms with Gasteiger partial charge in [-0.1, -0.05) is 19.8 Å². The Hall–Kier alpha value is -2.94. The van der Waals surface area contributed by atoms with Gasteiger partial charge in [0.15, 0.2) is 11.4 Å². The monoisotopic (exact) mass is 442 g/mol. The summed E-state index contributed by atoms with van der Waals surface area (Å²) in [5.74, 6) is -0.842. The highest BCUT2D eigenvalue weighted by Crippen LogP contribution is 2.45. The molecule has 4 rings (SSSR count). The van der Waals surface area contributed by atoms with Crippen molar-refractivity contribution < 1.29 is 14.6 Å². The highest BCUT2D eigenvalue weighted by atomic mass is 16.5. The minimum absolute atomic E-state index is 0.0194. The Balaban J connectivity index is 1.63. The summed E-state index contributed by atoms with van der Waals surface area (Å²) in [5.41, 5.74) is -0.979. The van der Waals surface area contributed by atoms with Crippen molar-refractivity contribution in [1.82, 2.24) is 9.88 Å². The van der Waals surface area contributed by atoms with Gasteiger partial charge < -0.3 is 25.4 Å². The highest BCUT2D eigenvalue weighted by Gasteiger charge is 2.44. The van der Waals surface area contributed by atoms with Crippen LogP contribution in [0.3, 0.4) is 0 Å². The third-order valence-corrected chi connectivity index (χ3v) is 6.84. The van der Waals surface area contributed by atoms with Crippen LogP contribution in [0.25, 0.3) is 0 Å². The first-order chi connectivity index (χ1) is 15.2. The van der Waals surface area contributed by atoms with E-state index in [9.17, 15) is 19.5 Å². The maximum absolute atomic E-state index is 12.5. The largest absolute Gasteiger partial charge is 0.504 e. The number of pyridine rings is 1. The van der Waals surface area contributed by atoms with E-state index in [-0.39, 0.29) is 46.1 Å². The fourth-order valence-corrected chi connectivity index (χ4v) is 4.94. The quantitative estimate of drug-likeness (QED) is 0.559. The molecule has 9 nitrogen and oxygen atoms in total. The SMILES string of the molecule is CN(C)C(=O)c1nccc(Nc2c(N[C@@H](C3CCCO3)C3(C)CCCC3)c(=O)c2=O)c1O. The van der Waals surface area contributed by atoms with E-state index in [4.69, 9.17) is 4.74 Å². The molecule has 2 aromatic rings. The van der Waals surface area contributed by atoms with Gasteiger partial charge in [-0.05, 0) is 37.2 Å². The second kappa shape index (κ2) is 8.54. The molecule has 1 saturated heterocycles. The molecule has 2 heterocycles. The molecule has 1 aliphatic heterocycles. The average Bonchev–Trinajstić information content (AvgIpc) is 3.46. The molecule has 1 aliphatic carbocycles. The normalized spacial score (nSPS) is 20.9. The van der Waals surface area contributed by atoms with Crippen molar-refractivity contribution in [3.05, 3.63) is 38.4 Å². The van der Waals surface area contributed by atoms with Crippen molar-refractivity contribution in [3.8, 4) is 5.75 Å². The number of aromatic nitrogens is 1. The highest BCUT2D eigenvalue weighted by molar-refractivity contribution is 5.97. The fraction of sp³-hybridized carbons (Fsp3) is 0.565. The first-order valence-electron chi connectivity index (χ1n) is 11.1. The van der Waals surface area contributed by atoms with E-state index in [0.29, 0.717) is 6.61 Å². The molecule has 2 fully saturated rings. The summed E-state index contributed by atoms with van der Waals surface area (Å²) >= 11 is 0. The molecule has 3 N–H and O–H groups in total. The van der Waals surface area contributed by atoms with E-state index >= 15 is 0 Å². The van der Waals surface area contributed by atoms with E-state index in [1.165, 1.54) is 17.2 Å². The number of nitrogens with zero attached hydrogens (tertiary/aromatic N) is 2. The molecule has 1 saturated carbocycles. The number of carbonyl (C=O) groups is 1. The number of aromatic hydroxyl groups is 1. The zero-order chi connectivity index (χ0) is 23.0. The summed E-state index contributed by atoms with van der Waals surface area (Å²) in [7, 11) is 3.11. The summed E-state index contributed by atoms with van der Waals surface area (Å²) in [6, 6.07) is 1.37. The summed E-state index contributed by atoms with van der Waals surface area (Å²) in [6.45, 7) is 2.91. The van der Waals surface area contributed by atoms with Gasteiger partial charge in [-0.15, -0.1) is 0 Å². The Kier molecular flexibility index (Phi) is 5.94. The molecule has 0 spiro atoms. The number of hydrogen-bond acceptors (Lipinski definition) is 8. The van der Waals surface area contributed by atoms with E-state index in [1.807, 2.05) is 0 Å². The lowest BCUT2D eigenvalue weighted by molar-refractivity contribution is 0.0541. The van der Waals surface area contributed by atoms with Crippen LogP contribution in [0.4, 0.5) is 17.1 Å². The van der Waals surface area contributed by atoms with Crippen LogP contribution < -0.4 is 21.5 Å². The van der Waals surface area contributed by atoms with Crippen LogP contribution in [-0.4, -0.2) is 53.7 Å². The molecule has 9 heteroatoms. The Morgan fingerprint density at radius 2 is 1.91 bits per heavy atom. The van der Waals surface area contributed by atoms with Gasteiger partial charge in [-0.25, -0.2) is 4.98 Å². The van der Waals surface area contributed by atoms with Gasteiger partial charge in [-0.3, -0.25) is 14.4 Å². The van der Waals surface area contributed by atoms with Gasteiger partial charge in [0.05, 0.1) is 17.8 Å². The lowest BCUT2D eigenvalue weighted by Crippen LogP contribution is -2.49. The fourth-order valence-electron chi connectivity index (χ4n) is 4.94. The third-order valence-electron chi connectivity index (χ3n) is 6.84. The molecule has 0 radical (unpaired) electrons. The molecular weight excluding hydrogens is 412 g/mol. The van der Waals surface area contributed by atoms with Crippen LogP contribution in [0.15, 0.2) is 21.9 Å². The zero-order valence-corrected chi connectivity index (χ0v) is 18.7. The molecule has 32 heavy (non-hydrogen) atoms. The van der Waals surface area contributed by atoms with Crippen molar-refractivity contribution in [3.63, 3.8) is 0 Å². The van der Waals surface area contributed by atoms with Gasteiger partial charge in [-0.2, -0.15) is 0 Å². The van der Waals surface area contributed by atoms with Crippen molar-refractivity contribution in [2.24, 2.45) is 5.41 Å². The van der Waals surface area contributed by atoms with Crippen LogP contribution >= 0.6 is 0 Å². The van der Waals surface area contributed by atoms with E-state index in [1.54, 1.807) is 14.1 Å². The number of carbonyl (C=O) groups excluding carboxylic acids is 1. The maximum Gasteiger partial charge on any atom is 0.275 e. The lowest BCUT2D eigenvalue weighted by Gasteiger charge is -2.39. The van der Waals surface area contributed by atoms with Gasteiger partial charge in [0.1, 0.15) is 11.4 Å². The first kappa shape index (κ1) is 22.3. The number of rotatable bonds is 7. The zero-order valence-electron chi connectivity index (χ0n) is 18.7. The Bertz CT molecular complexity index is 1080. The molecule has 0 bridgehead atoms. The van der Waals surface area contributed by atoms with E-state index in [2.05, 4.69) is 22.5 Å². The minimum Gasteiger partial charge on any atom is -0.504 e. The second-order valence-corrected chi connectivity index (χ2v) is 9.32. The van der Waals surface area contributed by atoms with Gasteiger partial charge in [0, 0.05) is 26.9 Å². The van der Waals surface area contributed by atoms with Crippen LogP contribution in [0.5, 0.6) is 5.75 Å². The second-order valence-electron chi connectivity index (χ2n) is 9.32. The number of amides is 1. The van der Waals surface area contributed by atoms with Crippen molar-refractivity contribution >= 4 is 23.0 Å². The predicted octanol–water partition coefficient (Wildman–Crippen LogP) is 2.37. The third kappa shape index (κ3) is 3.85. The summed E-state index contributed by atoms with van der Waals surface area (Å²) in [5, 5.41) is 16.8. The molecular formula is C23H30N4O5. The number of nitrogens with one attached hydrogen (secondary N) is 2. The smallest absolute Gasteiger partial charge is 0.275 e. The van der Waals surface area contributed by atoms with Crippen molar-refractivity contribution in [2.45, 2.75) is 57.6 Å². The molecule has 1 amide bonds. The molecule has 2 atom stereocenters. The lowest BCUT2D eigenvalue weighted by atomic mass is 9.77. The van der Waals surface area contributed by atoms with E-state index in [0.717, 1.165) is 38.5 Å². The Morgan fingerprint density at radius 1 is 1.22 bits per heavy atom. The predicted molar refractivity (Wildman–Crippen MR) is 122 cm³/mol. The van der Waals surface area contributed by atoms with Crippen LogP contribution in [0, 0.1) is 5.41 Å². The Morgan fingerprint density at radius 3 is 2.53 bits per heavy atom. The number of hydrogen-bond donors (Lipinski definition) is 3.